The zero-order valence-corrected chi connectivity index (χ0v) is 11.9. The minimum absolute atomic E-state index is 0.843. The Kier molecular flexibility index (Phi) is 4.97. The number of hydrogen-bond acceptors (Lipinski definition) is 2. The van der Waals surface area contributed by atoms with Crippen LogP contribution in [0.2, 0.25) is 0 Å². The van der Waals surface area contributed by atoms with E-state index >= 15 is 0 Å². The Morgan fingerprint density at radius 2 is 0.944 bits per heavy atom. The Morgan fingerprint density at radius 3 is 1.28 bits per heavy atom. The van der Waals surface area contributed by atoms with Crippen molar-refractivity contribution in [1.82, 2.24) is 0 Å². The molecule has 2 aromatic carbocycles. The first-order valence-corrected chi connectivity index (χ1v) is 6.83. The van der Waals surface area contributed by atoms with Crippen molar-refractivity contribution >= 4 is 25.3 Å². The fraction of sp³-hybridized carbons (Fsp3) is 0.125. The molecule has 0 aliphatic carbocycles. The fourth-order valence-corrected chi connectivity index (χ4v) is 2.31. The molecule has 0 N–H and O–H groups in total. The van der Waals surface area contributed by atoms with E-state index in [1.165, 1.54) is 11.1 Å². The molecule has 0 radical (unpaired) electrons. The van der Waals surface area contributed by atoms with Gasteiger partial charge in [0, 0.05) is 12.8 Å². The monoisotopic (exact) mass is 272 g/mol. The highest BCUT2D eigenvalue weighted by Gasteiger charge is 2.02. The van der Waals surface area contributed by atoms with Gasteiger partial charge < -0.3 is 0 Å². The van der Waals surface area contributed by atoms with E-state index in [1.54, 1.807) is 0 Å². The Morgan fingerprint density at radius 1 is 0.611 bits per heavy atom. The topological polar surface area (TPSA) is 0 Å². The first-order valence-electron chi connectivity index (χ1n) is 5.93. The Bertz CT molecular complexity index is 466. The van der Waals surface area contributed by atoms with Crippen LogP contribution in [0.5, 0.6) is 0 Å². The third-order valence-electron chi connectivity index (χ3n) is 2.76. The third-order valence-corrected chi connectivity index (χ3v) is 3.79. The van der Waals surface area contributed by atoms with Crippen molar-refractivity contribution in [1.29, 1.82) is 0 Å². The lowest BCUT2D eigenvalue weighted by atomic mass is 10.1. The lowest BCUT2D eigenvalue weighted by Crippen LogP contribution is -1.91. The highest BCUT2D eigenvalue weighted by Crippen LogP contribution is 2.21. The third kappa shape index (κ3) is 3.97. The van der Waals surface area contributed by atoms with Gasteiger partial charge in [-0.2, -0.15) is 0 Å². The second kappa shape index (κ2) is 6.72. The number of thiol groups is 2. The van der Waals surface area contributed by atoms with Gasteiger partial charge in [0.2, 0.25) is 0 Å². The largest absolute Gasteiger partial charge is 0.147 e. The molecule has 2 rings (SSSR count). The van der Waals surface area contributed by atoms with Crippen LogP contribution < -0.4 is 0 Å². The van der Waals surface area contributed by atoms with Crippen LogP contribution in [0.15, 0.2) is 70.5 Å². The van der Waals surface area contributed by atoms with E-state index in [-0.39, 0.29) is 0 Å². The Labute approximate surface area is 120 Å². The van der Waals surface area contributed by atoms with Crippen molar-refractivity contribution in [2.45, 2.75) is 12.8 Å². The predicted octanol–water partition coefficient (Wildman–Crippen LogP) is 4.54. The summed E-state index contributed by atoms with van der Waals surface area (Å²) in [6.45, 7) is 0. The Balaban J connectivity index is 2.06. The van der Waals surface area contributed by atoms with Crippen molar-refractivity contribution in [3.05, 3.63) is 81.6 Å². The first kappa shape index (κ1) is 13.3. The number of rotatable bonds is 4. The molecule has 0 fully saturated rings. The van der Waals surface area contributed by atoms with Crippen LogP contribution in [0.4, 0.5) is 0 Å². The fourth-order valence-electron chi connectivity index (χ4n) is 1.78. The van der Waals surface area contributed by atoms with Gasteiger partial charge in [0.05, 0.1) is 0 Å². The summed E-state index contributed by atoms with van der Waals surface area (Å²) in [6, 6.07) is 20.7. The van der Waals surface area contributed by atoms with Gasteiger partial charge in [-0.3, -0.25) is 0 Å². The molecular weight excluding hydrogens is 256 g/mol. The van der Waals surface area contributed by atoms with Gasteiger partial charge in [0.1, 0.15) is 0 Å². The first-order chi connectivity index (χ1) is 8.75. The summed E-state index contributed by atoms with van der Waals surface area (Å²) < 4.78 is 0. The molecule has 0 bridgehead atoms. The van der Waals surface area contributed by atoms with Crippen molar-refractivity contribution in [2.75, 3.05) is 0 Å². The maximum Gasteiger partial charge on any atom is 0.00397 e. The van der Waals surface area contributed by atoms with E-state index < -0.39 is 0 Å². The average molecular weight is 272 g/mol. The van der Waals surface area contributed by atoms with Crippen LogP contribution in [-0.4, -0.2) is 0 Å². The lowest BCUT2D eigenvalue weighted by molar-refractivity contribution is 1.18. The number of benzene rings is 2. The van der Waals surface area contributed by atoms with Gasteiger partial charge in [0.25, 0.3) is 0 Å². The molecule has 18 heavy (non-hydrogen) atoms. The van der Waals surface area contributed by atoms with Gasteiger partial charge in [-0.15, -0.1) is 25.3 Å². The minimum Gasteiger partial charge on any atom is -0.147 e. The SMILES string of the molecule is S/C(Cc1ccccc1)=C(\S)Cc1ccccc1. The summed E-state index contributed by atoms with van der Waals surface area (Å²) in [5.41, 5.74) is 2.53. The van der Waals surface area contributed by atoms with Crippen LogP contribution in [-0.2, 0) is 12.8 Å². The molecule has 0 aliphatic rings. The van der Waals surface area contributed by atoms with E-state index in [2.05, 4.69) is 49.5 Å². The number of hydrogen-bond donors (Lipinski definition) is 2. The summed E-state index contributed by atoms with van der Waals surface area (Å²) in [6.07, 6.45) is 1.69. The molecule has 0 saturated heterocycles. The summed E-state index contributed by atoms with van der Waals surface area (Å²) >= 11 is 9.14. The molecule has 0 nitrogen and oxygen atoms in total. The predicted molar refractivity (Wildman–Crippen MR) is 85.3 cm³/mol. The molecule has 0 atom stereocenters. The van der Waals surface area contributed by atoms with Crippen molar-refractivity contribution in [3.8, 4) is 0 Å². The summed E-state index contributed by atoms with van der Waals surface area (Å²) in [4.78, 5) is 2.07. The van der Waals surface area contributed by atoms with Gasteiger partial charge >= 0.3 is 0 Å². The summed E-state index contributed by atoms with van der Waals surface area (Å²) in [7, 11) is 0. The molecule has 0 amide bonds. The van der Waals surface area contributed by atoms with Crippen molar-refractivity contribution < 1.29 is 0 Å². The molecule has 0 aromatic heterocycles. The van der Waals surface area contributed by atoms with Crippen molar-refractivity contribution in [3.63, 3.8) is 0 Å². The highest BCUT2D eigenvalue weighted by molar-refractivity contribution is 7.88. The highest BCUT2D eigenvalue weighted by atomic mass is 32.1. The van der Waals surface area contributed by atoms with Crippen LogP contribution in [0.1, 0.15) is 11.1 Å². The maximum atomic E-state index is 4.57. The van der Waals surface area contributed by atoms with Crippen LogP contribution in [0, 0.1) is 0 Å². The van der Waals surface area contributed by atoms with Gasteiger partial charge in [-0.25, -0.2) is 0 Å². The van der Waals surface area contributed by atoms with Gasteiger partial charge in [-0.05, 0) is 20.9 Å². The molecule has 0 saturated carbocycles. The van der Waals surface area contributed by atoms with Gasteiger partial charge in [0.15, 0.2) is 0 Å². The molecule has 2 aromatic rings. The van der Waals surface area contributed by atoms with E-state index in [0.717, 1.165) is 22.7 Å². The average Bonchev–Trinajstić information content (AvgIpc) is 2.41. The second-order valence-corrected chi connectivity index (χ2v) is 5.30. The smallest absolute Gasteiger partial charge is 0.00397 e. The van der Waals surface area contributed by atoms with Crippen molar-refractivity contribution in [2.24, 2.45) is 0 Å². The number of allylic oxidation sites excluding steroid dienone is 2. The van der Waals surface area contributed by atoms with E-state index in [9.17, 15) is 0 Å². The van der Waals surface area contributed by atoms with Gasteiger partial charge in [-0.1, -0.05) is 60.7 Å². The normalized spacial score (nSPS) is 12.1. The van der Waals surface area contributed by atoms with E-state index in [4.69, 9.17) is 0 Å². The van der Waals surface area contributed by atoms with Crippen LogP contribution >= 0.6 is 25.3 Å². The maximum absolute atomic E-state index is 4.57. The summed E-state index contributed by atoms with van der Waals surface area (Å²) in [5, 5.41) is 0. The summed E-state index contributed by atoms with van der Waals surface area (Å²) in [5.74, 6) is 0. The molecule has 0 spiro atoms. The molecule has 92 valence electrons. The molecule has 0 heterocycles. The second-order valence-electron chi connectivity index (χ2n) is 4.22. The molecule has 0 unspecified atom stereocenters. The van der Waals surface area contributed by atoms with Crippen LogP contribution in [0.25, 0.3) is 0 Å². The Hall–Kier alpha value is -1.12. The lowest BCUT2D eigenvalue weighted by Gasteiger charge is -2.07. The van der Waals surface area contributed by atoms with E-state index in [0.29, 0.717) is 0 Å². The zero-order valence-electron chi connectivity index (χ0n) is 10.1. The molecule has 2 heteroatoms. The van der Waals surface area contributed by atoms with E-state index in [1.807, 2.05) is 36.4 Å². The standard InChI is InChI=1S/C16H16S2/c17-15(11-13-7-3-1-4-8-13)16(18)12-14-9-5-2-6-10-14/h1-10,17-18H,11-12H2/b16-15-. The zero-order chi connectivity index (χ0) is 12.8. The quantitative estimate of drug-likeness (QED) is 0.750. The van der Waals surface area contributed by atoms with Crippen LogP contribution in [0.3, 0.4) is 0 Å². The molecular formula is C16H16S2. The molecule has 0 aliphatic heterocycles. The minimum atomic E-state index is 0.843.